The van der Waals surface area contributed by atoms with Crippen molar-refractivity contribution in [3.8, 4) is 0 Å². The number of nitrogens with zero attached hydrogens (tertiary/aromatic N) is 1. The van der Waals surface area contributed by atoms with Crippen molar-refractivity contribution in [3.05, 3.63) is 0 Å². The molecule has 0 bridgehead atoms. The fourth-order valence-electron chi connectivity index (χ4n) is 0.643. The van der Waals surface area contributed by atoms with Gasteiger partial charge in [0.05, 0.1) is 6.42 Å². The molecule has 5 heteroatoms. The second kappa shape index (κ2) is 5.93. The molecule has 0 aliphatic rings. The smallest absolute Gasteiger partial charge is 0.327 e. The van der Waals surface area contributed by atoms with Gasteiger partial charge in [-0.15, -0.1) is 0 Å². The van der Waals surface area contributed by atoms with E-state index in [1.165, 1.54) is 0 Å². The quantitative estimate of drug-likeness (QED) is 0.441. The van der Waals surface area contributed by atoms with Gasteiger partial charge in [0.25, 0.3) is 0 Å². The van der Waals surface area contributed by atoms with Crippen molar-refractivity contribution >= 4 is 5.97 Å². The fraction of sp³-hybridized carbons (Fsp3) is 0.857. The molecular weight excluding hydrogens is 158 g/mol. The molecule has 12 heavy (non-hydrogen) atoms. The van der Waals surface area contributed by atoms with Gasteiger partial charge in [0.2, 0.25) is 0 Å². The maximum atomic E-state index is 10.8. The number of nitrogens with two attached hydrogens (primary N) is 1. The highest BCUT2D eigenvalue weighted by Crippen LogP contribution is 1.95. The number of nitrogens with one attached hydrogen (secondary N) is 1. The van der Waals surface area contributed by atoms with Gasteiger partial charge >= 0.3 is 5.97 Å². The number of hydrogen-bond donors (Lipinski definition) is 2. The van der Waals surface area contributed by atoms with Gasteiger partial charge in [0, 0.05) is 12.6 Å². The molecule has 0 spiro atoms. The van der Waals surface area contributed by atoms with E-state index < -0.39 is 0 Å². The Bertz CT molecular complexity index is 139. The van der Waals surface area contributed by atoms with Gasteiger partial charge in [0.15, 0.2) is 0 Å². The largest absolute Gasteiger partial charge is 0.356 e. The highest BCUT2D eigenvalue weighted by molar-refractivity contribution is 5.69. The maximum absolute atomic E-state index is 10.8. The first-order chi connectivity index (χ1) is 5.57. The maximum Gasteiger partial charge on any atom is 0.327 e. The third-order valence-corrected chi connectivity index (χ3v) is 1.72. The zero-order valence-electron chi connectivity index (χ0n) is 7.83. The zero-order chi connectivity index (χ0) is 9.56. The molecule has 0 fully saturated rings. The Morgan fingerprint density at radius 2 is 2.25 bits per heavy atom. The van der Waals surface area contributed by atoms with Crippen LogP contribution in [0.25, 0.3) is 0 Å². The Kier molecular flexibility index (Phi) is 5.61. The van der Waals surface area contributed by atoms with E-state index in [9.17, 15) is 4.79 Å². The lowest BCUT2D eigenvalue weighted by Gasteiger charge is -2.19. The van der Waals surface area contributed by atoms with Crippen molar-refractivity contribution in [1.82, 2.24) is 10.5 Å². The third kappa shape index (κ3) is 5.06. The first-order valence-corrected chi connectivity index (χ1v) is 3.93. The minimum absolute atomic E-state index is 0.343. The summed E-state index contributed by atoms with van der Waals surface area (Å²) in [5.41, 5.74) is 1.85. The van der Waals surface area contributed by atoms with E-state index in [4.69, 9.17) is 5.84 Å². The van der Waals surface area contributed by atoms with Crippen LogP contribution in [0.5, 0.6) is 0 Å². The number of carbonyl (C=O) groups excluding carboxylic acids is 1. The summed E-state index contributed by atoms with van der Waals surface area (Å²) in [7, 11) is 1.95. The molecule has 0 aromatic carbocycles. The Morgan fingerprint density at radius 1 is 1.67 bits per heavy atom. The van der Waals surface area contributed by atoms with Crippen molar-refractivity contribution in [2.75, 3.05) is 13.6 Å². The standard InChI is InChI=1S/C7H17N3O2/c1-6(2)10(3)5-4-7(11)12-9-8/h6,9H,4-5,8H2,1-3H3. The Labute approximate surface area is 72.8 Å². The molecular formula is C7H17N3O2. The van der Waals surface area contributed by atoms with E-state index in [0.29, 0.717) is 19.0 Å². The monoisotopic (exact) mass is 175 g/mol. The predicted molar refractivity (Wildman–Crippen MR) is 45.8 cm³/mol. The van der Waals surface area contributed by atoms with Crippen LogP contribution in [0, 0.1) is 0 Å². The lowest BCUT2D eigenvalue weighted by Crippen LogP contribution is -2.31. The molecule has 0 amide bonds. The molecule has 0 aliphatic heterocycles. The van der Waals surface area contributed by atoms with Gasteiger partial charge in [0.1, 0.15) is 0 Å². The molecule has 0 atom stereocenters. The molecule has 0 aromatic rings. The normalized spacial score (nSPS) is 10.8. The number of rotatable bonds is 5. The van der Waals surface area contributed by atoms with Gasteiger partial charge in [-0.05, 0) is 20.9 Å². The summed E-state index contributed by atoms with van der Waals surface area (Å²) in [5, 5.41) is 0. The van der Waals surface area contributed by atoms with Crippen LogP contribution >= 0.6 is 0 Å². The van der Waals surface area contributed by atoms with Crippen LogP contribution in [-0.2, 0) is 9.63 Å². The average molecular weight is 175 g/mol. The lowest BCUT2D eigenvalue weighted by molar-refractivity contribution is -0.151. The van der Waals surface area contributed by atoms with Crippen LogP contribution in [0.4, 0.5) is 0 Å². The highest BCUT2D eigenvalue weighted by Gasteiger charge is 2.07. The Hall–Kier alpha value is -0.650. The van der Waals surface area contributed by atoms with Crippen LogP contribution < -0.4 is 11.4 Å². The van der Waals surface area contributed by atoms with E-state index in [1.54, 1.807) is 0 Å². The first kappa shape index (κ1) is 11.4. The Morgan fingerprint density at radius 3 is 2.67 bits per heavy atom. The molecule has 0 rings (SSSR count). The van der Waals surface area contributed by atoms with Crippen molar-refractivity contribution in [2.24, 2.45) is 5.84 Å². The van der Waals surface area contributed by atoms with E-state index >= 15 is 0 Å². The molecule has 5 nitrogen and oxygen atoms in total. The van der Waals surface area contributed by atoms with Gasteiger partial charge in [-0.2, -0.15) is 0 Å². The van der Waals surface area contributed by atoms with Crippen LogP contribution in [-0.4, -0.2) is 30.5 Å². The minimum Gasteiger partial charge on any atom is -0.356 e. The van der Waals surface area contributed by atoms with Crippen LogP contribution in [0.2, 0.25) is 0 Å². The second-order valence-corrected chi connectivity index (χ2v) is 2.92. The topological polar surface area (TPSA) is 67.6 Å². The molecule has 0 saturated heterocycles. The number of carbonyl (C=O) groups is 1. The Balaban J connectivity index is 3.47. The molecule has 72 valence electrons. The molecule has 0 saturated carbocycles. The van der Waals surface area contributed by atoms with Crippen molar-refractivity contribution in [1.29, 1.82) is 0 Å². The van der Waals surface area contributed by atoms with Gasteiger partial charge in [-0.1, -0.05) is 5.59 Å². The fourth-order valence-corrected chi connectivity index (χ4v) is 0.643. The second-order valence-electron chi connectivity index (χ2n) is 2.92. The van der Waals surface area contributed by atoms with Crippen molar-refractivity contribution < 1.29 is 9.63 Å². The highest BCUT2D eigenvalue weighted by atomic mass is 16.7. The summed E-state index contributed by atoms with van der Waals surface area (Å²) < 4.78 is 0. The minimum atomic E-state index is -0.343. The zero-order valence-corrected chi connectivity index (χ0v) is 7.83. The summed E-state index contributed by atoms with van der Waals surface area (Å²) in [4.78, 5) is 17.2. The van der Waals surface area contributed by atoms with Gasteiger partial charge in [-0.3, -0.25) is 4.79 Å². The molecule has 3 N–H and O–H groups in total. The van der Waals surface area contributed by atoms with Gasteiger partial charge < -0.3 is 9.74 Å². The molecule has 0 radical (unpaired) electrons. The summed E-state index contributed by atoms with van der Waals surface area (Å²) >= 11 is 0. The predicted octanol–water partition coefficient (Wildman–Crippen LogP) is -0.362. The van der Waals surface area contributed by atoms with Crippen LogP contribution in [0.15, 0.2) is 0 Å². The molecule has 0 aliphatic carbocycles. The van der Waals surface area contributed by atoms with Gasteiger partial charge in [-0.25, -0.2) is 5.84 Å². The van der Waals surface area contributed by atoms with E-state index in [-0.39, 0.29) is 5.97 Å². The van der Waals surface area contributed by atoms with E-state index in [2.05, 4.69) is 23.6 Å². The molecule has 0 aromatic heterocycles. The van der Waals surface area contributed by atoms with E-state index in [0.717, 1.165) is 0 Å². The van der Waals surface area contributed by atoms with Crippen LogP contribution in [0.1, 0.15) is 20.3 Å². The SMILES string of the molecule is CC(C)N(C)CCC(=O)ONN. The third-order valence-electron chi connectivity index (χ3n) is 1.72. The van der Waals surface area contributed by atoms with Crippen molar-refractivity contribution in [3.63, 3.8) is 0 Å². The summed E-state index contributed by atoms with van der Waals surface area (Å²) in [6.07, 6.45) is 0.346. The first-order valence-electron chi connectivity index (χ1n) is 3.93. The number of hydrazine groups is 1. The average Bonchev–Trinajstić information content (AvgIpc) is 2.00. The van der Waals surface area contributed by atoms with E-state index in [1.807, 2.05) is 12.6 Å². The molecule has 0 unspecified atom stereocenters. The number of hydrogen-bond acceptors (Lipinski definition) is 5. The van der Waals surface area contributed by atoms with Crippen LogP contribution in [0.3, 0.4) is 0 Å². The summed E-state index contributed by atoms with van der Waals surface area (Å²) in [6.45, 7) is 4.80. The molecule has 0 heterocycles. The lowest BCUT2D eigenvalue weighted by atomic mass is 10.3. The summed E-state index contributed by atoms with van der Waals surface area (Å²) in [6, 6.07) is 0.434. The van der Waals surface area contributed by atoms with Crippen molar-refractivity contribution in [2.45, 2.75) is 26.3 Å². The summed E-state index contributed by atoms with van der Waals surface area (Å²) in [5.74, 6) is 4.45.